The van der Waals surface area contributed by atoms with Crippen LogP contribution in [0.5, 0.6) is 0 Å². The average molecular weight is 185 g/mol. The molecule has 0 bridgehead atoms. The van der Waals surface area contributed by atoms with Crippen LogP contribution in [0.4, 0.5) is 0 Å². The van der Waals surface area contributed by atoms with Crippen LogP contribution in [0, 0.1) is 0 Å². The molecule has 1 rings (SSSR count). The second kappa shape index (κ2) is 3.15. The lowest BCUT2D eigenvalue weighted by molar-refractivity contribution is -0.139. The molecular weight excluding hydrogens is 176 g/mol. The number of hydrogen-bond donors (Lipinski definition) is 1. The lowest BCUT2D eigenvalue weighted by Gasteiger charge is -2.16. The Kier molecular flexibility index (Phi) is 2.38. The molecule has 0 fully saturated rings. The van der Waals surface area contributed by atoms with Gasteiger partial charge in [0.25, 0.3) is 0 Å². The molecule has 0 heterocycles. The van der Waals surface area contributed by atoms with E-state index in [9.17, 15) is 4.79 Å². The lowest BCUT2D eigenvalue weighted by atomic mass is 10.0. The van der Waals surface area contributed by atoms with E-state index in [0.29, 0.717) is 5.56 Å². The monoisotopic (exact) mass is 184 g/mol. The van der Waals surface area contributed by atoms with Gasteiger partial charge in [-0.1, -0.05) is 30.3 Å². The Morgan fingerprint density at radius 2 is 1.92 bits per heavy atom. The molecule has 1 aromatic rings. The number of hydrogen-bond acceptors (Lipinski definition) is 1. The fraction of sp³-hybridized carbons (Fsp3) is 0.222. The van der Waals surface area contributed by atoms with E-state index >= 15 is 0 Å². The summed E-state index contributed by atoms with van der Waals surface area (Å²) in [4.78, 5) is 9.37. The maximum absolute atomic E-state index is 10.7. The van der Waals surface area contributed by atoms with E-state index in [4.69, 9.17) is 16.7 Å². The molecule has 0 saturated carbocycles. The van der Waals surface area contributed by atoms with Gasteiger partial charge in [-0.15, -0.1) is 11.6 Å². The van der Waals surface area contributed by atoms with Gasteiger partial charge in [0.1, 0.15) is 0 Å². The van der Waals surface area contributed by atoms with Gasteiger partial charge in [-0.05, 0) is 12.5 Å². The molecule has 0 radical (unpaired) electrons. The van der Waals surface area contributed by atoms with Crippen LogP contribution in [0.15, 0.2) is 30.3 Å². The highest BCUT2D eigenvalue weighted by atomic mass is 35.5. The Morgan fingerprint density at radius 1 is 1.42 bits per heavy atom. The Bertz CT molecular complexity index is 280. The van der Waals surface area contributed by atoms with Crippen molar-refractivity contribution in [3.63, 3.8) is 0 Å². The highest BCUT2D eigenvalue weighted by molar-refractivity contribution is 6.33. The number of benzene rings is 1. The molecule has 0 aliphatic carbocycles. The summed E-state index contributed by atoms with van der Waals surface area (Å²) in [6.07, 6.45) is 0. The van der Waals surface area contributed by atoms with Gasteiger partial charge in [0.05, 0.1) is 0 Å². The van der Waals surface area contributed by atoms with E-state index in [1.165, 1.54) is 6.92 Å². The van der Waals surface area contributed by atoms with Crippen molar-refractivity contribution in [2.24, 2.45) is 0 Å². The van der Waals surface area contributed by atoms with E-state index in [1.54, 1.807) is 24.3 Å². The number of carboxylic acid groups (broad SMARTS) is 1. The maximum atomic E-state index is 10.7. The highest BCUT2D eigenvalue weighted by Crippen LogP contribution is 2.28. The van der Waals surface area contributed by atoms with Gasteiger partial charge in [-0.3, -0.25) is 0 Å². The van der Waals surface area contributed by atoms with Crippen molar-refractivity contribution in [2.45, 2.75) is 11.8 Å². The van der Waals surface area contributed by atoms with Crippen molar-refractivity contribution >= 4 is 17.6 Å². The van der Waals surface area contributed by atoms with Crippen LogP contribution in [0.2, 0.25) is 0 Å². The first-order valence-corrected chi connectivity index (χ1v) is 3.91. The van der Waals surface area contributed by atoms with Crippen LogP contribution in [0.1, 0.15) is 12.5 Å². The zero-order valence-corrected chi connectivity index (χ0v) is 7.38. The molecule has 64 valence electrons. The molecule has 0 aromatic heterocycles. The summed E-state index contributed by atoms with van der Waals surface area (Å²) in [7, 11) is 0. The number of alkyl halides is 1. The molecule has 1 atom stereocenters. The van der Waals surface area contributed by atoms with Crippen LogP contribution in [0.3, 0.4) is 0 Å². The number of aliphatic carboxylic acids is 1. The molecule has 0 aliphatic rings. The molecule has 1 N–H and O–H groups in total. The van der Waals surface area contributed by atoms with E-state index in [2.05, 4.69) is 0 Å². The third-order valence-electron chi connectivity index (χ3n) is 1.72. The Hall–Kier alpha value is -1.02. The summed E-state index contributed by atoms with van der Waals surface area (Å²) < 4.78 is 0. The second-order valence-electron chi connectivity index (χ2n) is 2.67. The van der Waals surface area contributed by atoms with E-state index < -0.39 is 10.8 Å². The van der Waals surface area contributed by atoms with Crippen molar-refractivity contribution in [3.05, 3.63) is 35.9 Å². The predicted octanol–water partition coefficient (Wildman–Crippen LogP) is 2.23. The van der Waals surface area contributed by atoms with E-state index in [-0.39, 0.29) is 0 Å². The van der Waals surface area contributed by atoms with Gasteiger partial charge in [0.15, 0.2) is 4.87 Å². The predicted molar refractivity (Wildman–Crippen MR) is 47.3 cm³/mol. The summed E-state index contributed by atoms with van der Waals surface area (Å²) in [5.41, 5.74) is 0.596. The van der Waals surface area contributed by atoms with Gasteiger partial charge in [0.2, 0.25) is 0 Å². The SMILES string of the molecule is C[C@@](Cl)(C(=O)O)c1ccccc1. The summed E-state index contributed by atoms with van der Waals surface area (Å²) in [6.45, 7) is 1.46. The standard InChI is InChI=1S/C9H9ClO2/c1-9(10,8(11)12)7-5-3-2-4-6-7/h2-6H,1H3,(H,11,12)/t9-/m0/s1. The van der Waals surface area contributed by atoms with Gasteiger partial charge >= 0.3 is 5.97 Å². The number of carboxylic acids is 1. The van der Waals surface area contributed by atoms with Gasteiger partial charge in [-0.2, -0.15) is 0 Å². The molecule has 0 aliphatic heterocycles. The Morgan fingerprint density at radius 3 is 2.33 bits per heavy atom. The van der Waals surface area contributed by atoms with Gasteiger partial charge in [0, 0.05) is 0 Å². The highest BCUT2D eigenvalue weighted by Gasteiger charge is 2.31. The first kappa shape index (κ1) is 9.07. The zero-order chi connectivity index (χ0) is 9.19. The smallest absolute Gasteiger partial charge is 0.329 e. The fourth-order valence-corrected chi connectivity index (χ4v) is 1.00. The molecule has 2 nitrogen and oxygen atoms in total. The topological polar surface area (TPSA) is 37.3 Å². The molecule has 0 amide bonds. The zero-order valence-electron chi connectivity index (χ0n) is 6.62. The van der Waals surface area contributed by atoms with E-state index in [0.717, 1.165) is 0 Å². The Balaban J connectivity index is 3.06. The van der Waals surface area contributed by atoms with Crippen LogP contribution in [-0.2, 0) is 9.67 Å². The normalized spacial score (nSPS) is 15.2. The van der Waals surface area contributed by atoms with Crippen LogP contribution < -0.4 is 0 Å². The largest absolute Gasteiger partial charge is 0.480 e. The third kappa shape index (κ3) is 1.59. The van der Waals surface area contributed by atoms with Gasteiger partial charge in [-0.25, -0.2) is 4.79 Å². The van der Waals surface area contributed by atoms with Crippen molar-refractivity contribution in [2.75, 3.05) is 0 Å². The minimum atomic E-state index is -1.32. The quantitative estimate of drug-likeness (QED) is 0.716. The molecule has 1 aromatic carbocycles. The number of rotatable bonds is 2. The van der Waals surface area contributed by atoms with Crippen LogP contribution in [0.25, 0.3) is 0 Å². The molecule has 0 unspecified atom stereocenters. The van der Waals surface area contributed by atoms with Crippen LogP contribution >= 0.6 is 11.6 Å². The fourth-order valence-electron chi connectivity index (χ4n) is 0.875. The maximum Gasteiger partial charge on any atom is 0.329 e. The molecule has 0 spiro atoms. The first-order chi connectivity index (χ1) is 5.55. The van der Waals surface area contributed by atoms with Gasteiger partial charge < -0.3 is 5.11 Å². The van der Waals surface area contributed by atoms with Crippen molar-refractivity contribution in [1.29, 1.82) is 0 Å². The first-order valence-electron chi connectivity index (χ1n) is 3.53. The van der Waals surface area contributed by atoms with Crippen molar-refractivity contribution < 1.29 is 9.90 Å². The molecular formula is C9H9ClO2. The summed E-state index contributed by atoms with van der Waals surface area (Å²) >= 11 is 5.80. The summed E-state index contributed by atoms with van der Waals surface area (Å²) in [5, 5.41) is 8.76. The summed E-state index contributed by atoms with van der Waals surface area (Å²) in [6, 6.07) is 8.73. The average Bonchev–Trinajstić information content (AvgIpc) is 2.06. The van der Waals surface area contributed by atoms with Crippen LogP contribution in [-0.4, -0.2) is 11.1 Å². The molecule has 3 heteroatoms. The molecule has 0 saturated heterocycles. The second-order valence-corrected chi connectivity index (χ2v) is 3.43. The molecule has 12 heavy (non-hydrogen) atoms. The minimum Gasteiger partial charge on any atom is -0.480 e. The summed E-state index contributed by atoms with van der Waals surface area (Å²) in [5.74, 6) is -1.03. The minimum absolute atomic E-state index is 0.596. The number of halogens is 1. The number of carbonyl (C=O) groups is 1. The van der Waals surface area contributed by atoms with Crippen molar-refractivity contribution in [1.82, 2.24) is 0 Å². The lowest BCUT2D eigenvalue weighted by Crippen LogP contribution is -2.25. The van der Waals surface area contributed by atoms with E-state index in [1.807, 2.05) is 6.07 Å². The Labute approximate surface area is 75.8 Å². The van der Waals surface area contributed by atoms with Crippen molar-refractivity contribution in [3.8, 4) is 0 Å². The third-order valence-corrected chi connectivity index (χ3v) is 2.10.